The smallest absolute Gasteiger partial charge is 0.303 e. The van der Waals surface area contributed by atoms with Crippen LogP contribution in [0.5, 0.6) is 5.75 Å². The molecule has 0 saturated carbocycles. The van der Waals surface area contributed by atoms with Crippen LogP contribution in [0.15, 0.2) is 24.3 Å². The molecule has 1 aromatic carbocycles. The molecule has 5 unspecified atom stereocenters. The third-order valence-electron chi connectivity index (χ3n) is 4.79. The fourth-order valence-corrected chi connectivity index (χ4v) is 3.43. The van der Waals surface area contributed by atoms with Gasteiger partial charge in [0.2, 0.25) is 0 Å². The summed E-state index contributed by atoms with van der Waals surface area (Å²) in [6.45, 7) is 6.42. The summed E-state index contributed by atoms with van der Waals surface area (Å²) in [5.41, 5.74) is 6.29. The summed E-state index contributed by atoms with van der Waals surface area (Å²) in [6.07, 6.45) is -4.46. The van der Waals surface area contributed by atoms with E-state index in [2.05, 4.69) is 0 Å². The molecule has 2 rings (SSSR count). The standard InChI is InChI=1S/C23H33NO10/c1-5-19-20(31-14(2)25)21(32-15(3)26)22(33-16(4)27)23(34-19)30-13-11-28-10-12-29-18-8-6-17(24)7-9-18/h6-9,19-23H,5,10-13,24H2,1-4H3. The molecule has 34 heavy (non-hydrogen) atoms. The van der Waals surface area contributed by atoms with Gasteiger partial charge >= 0.3 is 17.9 Å². The third kappa shape index (κ3) is 8.81. The highest BCUT2D eigenvalue weighted by atomic mass is 16.7. The molecule has 0 aliphatic carbocycles. The van der Waals surface area contributed by atoms with E-state index in [9.17, 15) is 14.4 Å². The average Bonchev–Trinajstić information content (AvgIpc) is 2.76. The van der Waals surface area contributed by atoms with Crippen molar-refractivity contribution in [3.05, 3.63) is 24.3 Å². The van der Waals surface area contributed by atoms with Crippen LogP contribution in [0.1, 0.15) is 34.1 Å². The van der Waals surface area contributed by atoms with Gasteiger partial charge in [0.25, 0.3) is 0 Å². The van der Waals surface area contributed by atoms with E-state index in [1.165, 1.54) is 20.8 Å². The molecule has 1 fully saturated rings. The van der Waals surface area contributed by atoms with E-state index < -0.39 is 48.6 Å². The van der Waals surface area contributed by atoms with Gasteiger partial charge < -0.3 is 38.9 Å². The Labute approximate surface area is 198 Å². The molecular formula is C23H33NO10. The van der Waals surface area contributed by atoms with Gasteiger partial charge in [-0.05, 0) is 30.7 Å². The molecule has 0 radical (unpaired) electrons. The Morgan fingerprint density at radius 2 is 1.38 bits per heavy atom. The van der Waals surface area contributed by atoms with Gasteiger partial charge in [0.05, 0.1) is 19.8 Å². The van der Waals surface area contributed by atoms with E-state index in [0.717, 1.165) is 0 Å². The molecular weight excluding hydrogens is 450 g/mol. The first kappa shape index (κ1) is 27.4. The van der Waals surface area contributed by atoms with Crippen LogP contribution in [-0.2, 0) is 42.8 Å². The van der Waals surface area contributed by atoms with Gasteiger partial charge in [-0.1, -0.05) is 6.92 Å². The van der Waals surface area contributed by atoms with E-state index >= 15 is 0 Å². The van der Waals surface area contributed by atoms with Crippen molar-refractivity contribution >= 4 is 23.6 Å². The minimum atomic E-state index is -1.14. The van der Waals surface area contributed by atoms with E-state index in [-0.39, 0.29) is 13.2 Å². The van der Waals surface area contributed by atoms with Crippen LogP contribution in [0, 0.1) is 0 Å². The summed E-state index contributed by atoms with van der Waals surface area (Å²) in [6, 6.07) is 7.01. The largest absolute Gasteiger partial charge is 0.491 e. The third-order valence-corrected chi connectivity index (χ3v) is 4.79. The molecule has 11 nitrogen and oxygen atoms in total. The number of carbonyl (C=O) groups excluding carboxylic acids is 3. The number of nitrogen functional groups attached to an aromatic ring is 1. The SMILES string of the molecule is CCC1OC(OCCOCCOc2ccc(N)cc2)C(OC(C)=O)C(OC(C)=O)C1OC(C)=O. The van der Waals surface area contributed by atoms with Gasteiger partial charge in [-0.25, -0.2) is 0 Å². The number of rotatable bonds is 12. The molecule has 1 heterocycles. The molecule has 5 atom stereocenters. The Hall–Kier alpha value is -2.89. The first-order chi connectivity index (χ1) is 16.2. The minimum Gasteiger partial charge on any atom is -0.491 e. The van der Waals surface area contributed by atoms with Gasteiger partial charge in [-0.3, -0.25) is 14.4 Å². The van der Waals surface area contributed by atoms with E-state index in [1.54, 1.807) is 24.3 Å². The zero-order valence-electron chi connectivity index (χ0n) is 19.9. The molecule has 0 aromatic heterocycles. The second kappa shape index (κ2) is 13.7. The first-order valence-corrected chi connectivity index (χ1v) is 11.1. The maximum Gasteiger partial charge on any atom is 0.303 e. The average molecular weight is 484 g/mol. The van der Waals surface area contributed by atoms with Crippen LogP contribution in [0.25, 0.3) is 0 Å². The lowest BCUT2D eigenvalue weighted by Crippen LogP contribution is -2.61. The maximum atomic E-state index is 11.7. The maximum absolute atomic E-state index is 11.7. The normalized spacial score (nSPS) is 24.2. The van der Waals surface area contributed by atoms with Crippen LogP contribution in [0.2, 0.25) is 0 Å². The fourth-order valence-electron chi connectivity index (χ4n) is 3.43. The number of hydrogen-bond donors (Lipinski definition) is 1. The second-order valence-electron chi connectivity index (χ2n) is 7.57. The molecule has 0 spiro atoms. The summed E-state index contributed by atoms with van der Waals surface area (Å²) >= 11 is 0. The fraction of sp³-hybridized carbons (Fsp3) is 0.609. The van der Waals surface area contributed by atoms with E-state index in [1.807, 2.05) is 6.92 Å². The minimum absolute atomic E-state index is 0.103. The molecule has 190 valence electrons. The Bertz CT molecular complexity index is 799. The Morgan fingerprint density at radius 3 is 1.97 bits per heavy atom. The topological polar surface area (TPSA) is 142 Å². The van der Waals surface area contributed by atoms with Gasteiger partial charge in [-0.2, -0.15) is 0 Å². The van der Waals surface area contributed by atoms with Crippen molar-refractivity contribution in [2.75, 3.05) is 32.2 Å². The monoisotopic (exact) mass is 483 g/mol. The number of ether oxygens (including phenoxy) is 7. The zero-order valence-corrected chi connectivity index (χ0v) is 19.9. The Kier molecular flexibility index (Phi) is 11.0. The van der Waals surface area contributed by atoms with Crippen LogP contribution in [0.3, 0.4) is 0 Å². The Morgan fingerprint density at radius 1 is 0.824 bits per heavy atom. The van der Waals surface area contributed by atoms with Gasteiger partial charge in [0.15, 0.2) is 24.6 Å². The van der Waals surface area contributed by atoms with Crippen molar-refractivity contribution in [1.82, 2.24) is 0 Å². The summed E-state index contributed by atoms with van der Waals surface area (Å²) in [5, 5.41) is 0. The quantitative estimate of drug-likeness (QED) is 0.200. The van der Waals surface area contributed by atoms with E-state index in [0.29, 0.717) is 31.1 Å². The lowest BCUT2D eigenvalue weighted by Gasteiger charge is -2.44. The Balaban J connectivity index is 1.92. The second-order valence-corrected chi connectivity index (χ2v) is 7.57. The number of anilines is 1. The molecule has 0 amide bonds. The molecule has 1 aliphatic heterocycles. The molecule has 1 aromatic rings. The number of carbonyl (C=O) groups is 3. The summed E-state index contributed by atoms with van der Waals surface area (Å²) in [5.74, 6) is -1.16. The molecule has 11 heteroatoms. The number of nitrogens with two attached hydrogens (primary N) is 1. The molecule has 1 saturated heterocycles. The van der Waals surface area contributed by atoms with Crippen molar-refractivity contribution in [2.45, 2.75) is 64.8 Å². The van der Waals surface area contributed by atoms with Crippen molar-refractivity contribution in [3.63, 3.8) is 0 Å². The number of hydrogen-bond acceptors (Lipinski definition) is 11. The molecule has 0 bridgehead atoms. The highest BCUT2D eigenvalue weighted by molar-refractivity contribution is 5.68. The number of esters is 3. The van der Waals surface area contributed by atoms with Crippen molar-refractivity contribution in [1.29, 1.82) is 0 Å². The summed E-state index contributed by atoms with van der Waals surface area (Å²) < 4.78 is 38.8. The first-order valence-electron chi connectivity index (χ1n) is 11.1. The summed E-state index contributed by atoms with van der Waals surface area (Å²) in [7, 11) is 0. The van der Waals surface area contributed by atoms with E-state index in [4.69, 9.17) is 38.9 Å². The van der Waals surface area contributed by atoms with Crippen molar-refractivity contribution in [2.24, 2.45) is 0 Å². The van der Waals surface area contributed by atoms with Crippen LogP contribution < -0.4 is 10.5 Å². The zero-order chi connectivity index (χ0) is 25.1. The molecule has 2 N–H and O–H groups in total. The van der Waals surface area contributed by atoms with Crippen molar-refractivity contribution < 1.29 is 47.5 Å². The number of benzene rings is 1. The van der Waals surface area contributed by atoms with Crippen molar-refractivity contribution in [3.8, 4) is 5.75 Å². The van der Waals surface area contributed by atoms with Crippen LogP contribution in [0.4, 0.5) is 5.69 Å². The summed E-state index contributed by atoms with van der Waals surface area (Å²) in [4.78, 5) is 35.1. The highest BCUT2D eigenvalue weighted by Gasteiger charge is 2.51. The lowest BCUT2D eigenvalue weighted by molar-refractivity contribution is -0.305. The van der Waals surface area contributed by atoms with Gasteiger partial charge in [0, 0.05) is 26.5 Å². The van der Waals surface area contributed by atoms with Gasteiger partial charge in [-0.15, -0.1) is 0 Å². The van der Waals surface area contributed by atoms with Crippen LogP contribution in [-0.4, -0.2) is 75.0 Å². The highest BCUT2D eigenvalue weighted by Crippen LogP contribution is 2.30. The lowest BCUT2D eigenvalue weighted by atomic mass is 9.96. The predicted molar refractivity (Wildman–Crippen MR) is 119 cm³/mol. The predicted octanol–water partition coefficient (Wildman–Crippen LogP) is 1.61. The van der Waals surface area contributed by atoms with Crippen LogP contribution >= 0.6 is 0 Å². The molecule has 1 aliphatic rings. The van der Waals surface area contributed by atoms with Gasteiger partial charge in [0.1, 0.15) is 18.5 Å².